The number of imidazole rings is 1. The lowest BCUT2D eigenvalue weighted by Crippen LogP contribution is -2.25. The molecule has 1 aromatic carbocycles. The molecule has 20 heavy (non-hydrogen) atoms. The van der Waals surface area contributed by atoms with Crippen molar-refractivity contribution in [2.45, 2.75) is 25.0 Å². The van der Waals surface area contributed by atoms with Gasteiger partial charge in [0.05, 0.1) is 18.0 Å². The minimum Gasteiger partial charge on any atom is -0.392 e. The Labute approximate surface area is 118 Å². The van der Waals surface area contributed by atoms with Crippen LogP contribution in [0, 0.1) is 6.92 Å². The number of aryl methyl sites for hydroxylation is 2. The summed E-state index contributed by atoms with van der Waals surface area (Å²) in [6.07, 6.45) is 3.36. The fourth-order valence-electron chi connectivity index (χ4n) is 1.80. The molecule has 2 N–H and O–H groups in total. The lowest BCUT2D eigenvalue weighted by atomic mass is 10.1. The number of aromatic nitrogens is 2. The van der Waals surface area contributed by atoms with Crippen LogP contribution in [0.25, 0.3) is 0 Å². The Hall–Kier alpha value is -1.70. The summed E-state index contributed by atoms with van der Waals surface area (Å²) in [7, 11) is -1.82. The Morgan fingerprint density at radius 1 is 1.40 bits per heavy atom. The number of hydrogen-bond donors (Lipinski definition) is 2. The number of benzene rings is 1. The van der Waals surface area contributed by atoms with Crippen molar-refractivity contribution >= 4 is 10.0 Å². The molecular formula is C13H17N3O3S. The largest absolute Gasteiger partial charge is 0.392 e. The first-order valence-electron chi connectivity index (χ1n) is 6.10. The minimum atomic E-state index is -3.62. The second kappa shape index (κ2) is 5.74. The van der Waals surface area contributed by atoms with Crippen LogP contribution in [-0.4, -0.2) is 23.1 Å². The van der Waals surface area contributed by atoms with Crippen LogP contribution in [0.4, 0.5) is 0 Å². The van der Waals surface area contributed by atoms with Crippen molar-refractivity contribution in [2.24, 2.45) is 7.05 Å². The van der Waals surface area contributed by atoms with Gasteiger partial charge in [0.1, 0.15) is 5.82 Å². The van der Waals surface area contributed by atoms with Gasteiger partial charge in [-0.3, -0.25) is 0 Å². The van der Waals surface area contributed by atoms with E-state index in [9.17, 15) is 13.5 Å². The van der Waals surface area contributed by atoms with Crippen LogP contribution in [0.5, 0.6) is 0 Å². The van der Waals surface area contributed by atoms with E-state index in [0.29, 0.717) is 11.4 Å². The first-order chi connectivity index (χ1) is 9.44. The third kappa shape index (κ3) is 3.06. The molecule has 0 aliphatic heterocycles. The van der Waals surface area contributed by atoms with Gasteiger partial charge in [0.15, 0.2) is 0 Å². The SMILES string of the molecule is Cc1ccc(S(=O)(=O)NCc2nccn2C)cc1CO. The van der Waals surface area contributed by atoms with E-state index in [-0.39, 0.29) is 18.0 Å². The molecule has 0 amide bonds. The molecule has 0 atom stereocenters. The van der Waals surface area contributed by atoms with E-state index in [1.54, 1.807) is 30.1 Å². The topological polar surface area (TPSA) is 84.2 Å². The summed E-state index contributed by atoms with van der Waals surface area (Å²) < 4.78 is 28.6. The van der Waals surface area contributed by atoms with Crippen molar-refractivity contribution in [1.82, 2.24) is 14.3 Å². The second-order valence-corrected chi connectivity index (χ2v) is 6.29. The normalized spacial score (nSPS) is 11.8. The lowest BCUT2D eigenvalue weighted by Gasteiger charge is -2.09. The average molecular weight is 295 g/mol. The smallest absolute Gasteiger partial charge is 0.240 e. The van der Waals surface area contributed by atoms with E-state index < -0.39 is 10.0 Å². The van der Waals surface area contributed by atoms with Crippen molar-refractivity contribution in [3.05, 3.63) is 47.5 Å². The molecule has 0 bridgehead atoms. The number of nitrogens with one attached hydrogen (secondary N) is 1. The predicted molar refractivity (Wildman–Crippen MR) is 74.3 cm³/mol. The molecule has 108 valence electrons. The number of hydrogen-bond acceptors (Lipinski definition) is 4. The highest BCUT2D eigenvalue weighted by Gasteiger charge is 2.15. The molecule has 2 aromatic rings. The number of nitrogens with zero attached hydrogens (tertiary/aromatic N) is 2. The quantitative estimate of drug-likeness (QED) is 0.850. The number of sulfonamides is 1. The lowest BCUT2D eigenvalue weighted by molar-refractivity contribution is 0.280. The molecule has 1 aromatic heterocycles. The Bertz CT molecular complexity index is 707. The van der Waals surface area contributed by atoms with Crippen molar-refractivity contribution in [1.29, 1.82) is 0 Å². The van der Waals surface area contributed by atoms with E-state index in [1.165, 1.54) is 12.1 Å². The summed E-state index contributed by atoms with van der Waals surface area (Å²) in [5.41, 5.74) is 1.46. The zero-order chi connectivity index (χ0) is 14.8. The van der Waals surface area contributed by atoms with E-state index in [2.05, 4.69) is 9.71 Å². The van der Waals surface area contributed by atoms with E-state index in [0.717, 1.165) is 5.56 Å². The van der Waals surface area contributed by atoms with Crippen LogP contribution in [-0.2, 0) is 30.2 Å². The third-order valence-electron chi connectivity index (χ3n) is 3.14. The third-order valence-corrected chi connectivity index (χ3v) is 4.54. The first-order valence-corrected chi connectivity index (χ1v) is 7.58. The van der Waals surface area contributed by atoms with Gasteiger partial charge < -0.3 is 9.67 Å². The number of aliphatic hydroxyl groups excluding tert-OH is 1. The van der Waals surface area contributed by atoms with Crippen LogP contribution in [0.2, 0.25) is 0 Å². The van der Waals surface area contributed by atoms with Crippen molar-refractivity contribution < 1.29 is 13.5 Å². The van der Waals surface area contributed by atoms with Gasteiger partial charge in [-0.15, -0.1) is 0 Å². The summed E-state index contributed by atoms with van der Waals surface area (Å²) in [6, 6.07) is 4.69. The highest BCUT2D eigenvalue weighted by molar-refractivity contribution is 7.89. The molecule has 6 nitrogen and oxygen atoms in total. The first kappa shape index (κ1) is 14.7. The summed E-state index contributed by atoms with van der Waals surface area (Å²) in [4.78, 5) is 4.20. The molecule has 0 radical (unpaired) electrons. The van der Waals surface area contributed by atoms with Gasteiger partial charge in [0.2, 0.25) is 10.0 Å². The standard InChI is InChI=1S/C13H17N3O3S/c1-10-3-4-12(7-11(10)9-17)20(18,19)15-8-13-14-5-6-16(13)2/h3-7,15,17H,8-9H2,1-2H3. The molecule has 0 unspecified atom stereocenters. The molecule has 0 spiro atoms. The zero-order valence-corrected chi connectivity index (χ0v) is 12.2. The fraction of sp³-hybridized carbons (Fsp3) is 0.308. The van der Waals surface area contributed by atoms with E-state index in [1.807, 2.05) is 6.92 Å². The summed E-state index contributed by atoms with van der Waals surface area (Å²) >= 11 is 0. The maximum absolute atomic E-state index is 12.2. The maximum atomic E-state index is 12.2. The van der Waals surface area contributed by atoms with E-state index in [4.69, 9.17) is 0 Å². The Kier molecular flexibility index (Phi) is 4.22. The summed E-state index contributed by atoms with van der Waals surface area (Å²) in [6.45, 7) is 1.76. The molecule has 7 heteroatoms. The molecule has 1 heterocycles. The Balaban J connectivity index is 2.20. The highest BCUT2D eigenvalue weighted by atomic mass is 32.2. The molecular weight excluding hydrogens is 278 g/mol. The monoisotopic (exact) mass is 295 g/mol. The van der Waals surface area contributed by atoms with Crippen LogP contribution in [0.15, 0.2) is 35.5 Å². The fourth-order valence-corrected chi connectivity index (χ4v) is 2.83. The van der Waals surface area contributed by atoms with Gasteiger partial charge in [-0.2, -0.15) is 0 Å². The van der Waals surface area contributed by atoms with Gasteiger partial charge in [-0.1, -0.05) is 6.07 Å². The van der Waals surface area contributed by atoms with Gasteiger partial charge in [0, 0.05) is 19.4 Å². The van der Waals surface area contributed by atoms with Crippen LogP contribution < -0.4 is 4.72 Å². The second-order valence-electron chi connectivity index (χ2n) is 4.53. The summed E-state index contributed by atoms with van der Waals surface area (Å²) in [5.74, 6) is 0.628. The van der Waals surface area contributed by atoms with Crippen LogP contribution in [0.3, 0.4) is 0 Å². The zero-order valence-electron chi connectivity index (χ0n) is 11.4. The van der Waals surface area contributed by atoms with Gasteiger partial charge in [0.25, 0.3) is 0 Å². The molecule has 0 aliphatic rings. The van der Waals surface area contributed by atoms with Gasteiger partial charge >= 0.3 is 0 Å². The minimum absolute atomic E-state index is 0.119. The van der Waals surface area contributed by atoms with Crippen LogP contribution in [0.1, 0.15) is 17.0 Å². The van der Waals surface area contributed by atoms with Crippen molar-refractivity contribution in [3.8, 4) is 0 Å². The number of aliphatic hydroxyl groups is 1. The van der Waals surface area contributed by atoms with Crippen LogP contribution >= 0.6 is 0 Å². The predicted octanol–water partition coefficient (Wildman–Crippen LogP) is 0.699. The molecule has 2 rings (SSSR count). The van der Waals surface area contributed by atoms with Gasteiger partial charge in [-0.05, 0) is 30.2 Å². The van der Waals surface area contributed by atoms with Crippen molar-refractivity contribution in [2.75, 3.05) is 0 Å². The highest BCUT2D eigenvalue weighted by Crippen LogP contribution is 2.15. The number of rotatable bonds is 5. The molecule has 0 aliphatic carbocycles. The molecule has 0 saturated heterocycles. The maximum Gasteiger partial charge on any atom is 0.240 e. The summed E-state index contributed by atoms with van der Waals surface area (Å²) in [5, 5.41) is 9.20. The van der Waals surface area contributed by atoms with Crippen molar-refractivity contribution in [3.63, 3.8) is 0 Å². The average Bonchev–Trinajstić information content (AvgIpc) is 2.82. The van der Waals surface area contributed by atoms with E-state index >= 15 is 0 Å². The molecule has 0 fully saturated rings. The Morgan fingerprint density at radius 3 is 2.75 bits per heavy atom. The van der Waals surface area contributed by atoms with Gasteiger partial charge in [-0.25, -0.2) is 18.1 Å². The Morgan fingerprint density at radius 2 is 2.15 bits per heavy atom. The molecule has 0 saturated carbocycles.